The van der Waals surface area contributed by atoms with Crippen LogP contribution in [0.4, 0.5) is 5.69 Å². The van der Waals surface area contributed by atoms with Crippen LogP contribution in [0.15, 0.2) is 73.1 Å². The minimum absolute atomic E-state index is 0.0967. The van der Waals surface area contributed by atoms with Gasteiger partial charge in [-0.1, -0.05) is 54.6 Å². The van der Waals surface area contributed by atoms with Crippen molar-refractivity contribution >= 4 is 11.6 Å². The Morgan fingerprint density at radius 2 is 1.77 bits per heavy atom. The Hall–Kier alpha value is -3.14. The van der Waals surface area contributed by atoms with E-state index in [1.165, 1.54) is 11.1 Å². The van der Waals surface area contributed by atoms with Gasteiger partial charge in [0.25, 0.3) is 5.91 Å². The van der Waals surface area contributed by atoms with Gasteiger partial charge in [-0.3, -0.25) is 9.78 Å². The summed E-state index contributed by atoms with van der Waals surface area (Å²) in [4.78, 5) is 19.1. The highest BCUT2D eigenvalue weighted by molar-refractivity contribution is 5.94. The Bertz CT molecular complexity index is 908. The molecule has 0 saturated heterocycles. The Balaban J connectivity index is 1.46. The molecule has 3 aromatic rings. The third-order valence-electron chi connectivity index (χ3n) is 4.78. The van der Waals surface area contributed by atoms with Gasteiger partial charge in [-0.2, -0.15) is 0 Å². The lowest BCUT2D eigenvalue weighted by Crippen LogP contribution is -2.31. The van der Waals surface area contributed by atoms with Crippen LogP contribution >= 0.6 is 0 Å². The molecule has 0 atom stereocenters. The van der Waals surface area contributed by atoms with Crippen LogP contribution in [0.1, 0.15) is 27.0 Å². The van der Waals surface area contributed by atoms with E-state index in [9.17, 15) is 4.79 Å². The second-order valence-electron chi connectivity index (χ2n) is 6.54. The van der Waals surface area contributed by atoms with Gasteiger partial charge in [0.05, 0.1) is 17.4 Å². The molecule has 26 heavy (non-hydrogen) atoms. The lowest BCUT2D eigenvalue weighted by atomic mass is 9.99. The third-order valence-corrected chi connectivity index (χ3v) is 4.78. The van der Waals surface area contributed by atoms with Crippen LogP contribution in [0.5, 0.6) is 0 Å². The minimum atomic E-state index is -0.0967. The molecule has 1 N–H and O–H groups in total. The zero-order valence-corrected chi connectivity index (χ0v) is 14.6. The number of fused-ring (bicyclic) bond motifs is 1. The summed E-state index contributed by atoms with van der Waals surface area (Å²) in [6, 6.07) is 20.4. The lowest BCUT2D eigenvalue weighted by Gasteiger charge is -2.30. The highest BCUT2D eigenvalue weighted by Crippen LogP contribution is 2.24. The summed E-state index contributed by atoms with van der Waals surface area (Å²) >= 11 is 0. The first-order valence-electron chi connectivity index (χ1n) is 8.88. The number of nitrogens with one attached hydrogen (secondary N) is 1. The Morgan fingerprint density at radius 1 is 1.00 bits per heavy atom. The summed E-state index contributed by atoms with van der Waals surface area (Å²) in [6.07, 6.45) is 4.48. The molecule has 1 aliphatic rings. The van der Waals surface area contributed by atoms with Crippen LogP contribution in [0.3, 0.4) is 0 Å². The molecule has 4 rings (SSSR count). The van der Waals surface area contributed by atoms with Crippen LogP contribution in [-0.2, 0) is 19.5 Å². The molecular weight excluding hydrogens is 322 g/mol. The fourth-order valence-electron chi connectivity index (χ4n) is 3.32. The van der Waals surface area contributed by atoms with Crippen molar-refractivity contribution in [2.75, 3.05) is 11.4 Å². The van der Waals surface area contributed by atoms with E-state index in [0.717, 1.165) is 30.8 Å². The van der Waals surface area contributed by atoms with E-state index in [-0.39, 0.29) is 5.91 Å². The van der Waals surface area contributed by atoms with E-state index < -0.39 is 0 Å². The topological polar surface area (TPSA) is 45.2 Å². The smallest absolute Gasteiger partial charge is 0.253 e. The monoisotopic (exact) mass is 343 g/mol. The number of rotatable bonds is 4. The molecule has 0 saturated carbocycles. The zero-order chi connectivity index (χ0) is 17.8. The van der Waals surface area contributed by atoms with E-state index in [0.29, 0.717) is 12.1 Å². The normalized spacial score (nSPS) is 13.2. The van der Waals surface area contributed by atoms with Crippen LogP contribution in [0, 0.1) is 0 Å². The first-order chi connectivity index (χ1) is 12.8. The minimum Gasteiger partial charge on any atom is -0.366 e. The fourth-order valence-corrected chi connectivity index (χ4v) is 3.32. The predicted octanol–water partition coefficient (Wildman–Crippen LogP) is 3.57. The third kappa shape index (κ3) is 3.59. The molecule has 0 fully saturated rings. The van der Waals surface area contributed by atoms with E-state index >= 15 is 0 Å². The number of anilines is 1. The lowest BCUT2D eigenvalue weighted by molar-refractivity contribution is 0.0950. The molecule has 0 aliphatic carbocycles. The van der Waals surface area contributed by atoms with Crippen molar-refractivity contribution < 1.29 is 4.79 Å². The first-order valence-corrected chi connectivity index (χ1v) is 8.88. The van der Waals surface area contributed by atoms with Crippen molar-refractivity contribution in [3.63, 3.8) is 0 Å². The van der Waals surface area contributed by atoms with Crippen molar-refractivity contribution in [1.82, 2.24) is 10.3 Å². The molecule has 1 aliphatic heterocycles. The van der Waals surface area contributed by atoms with Gasteiger partial charge in [-0.15, -0.1) is 0 Å². The maximum absolute atomic E-state index is 12.5. The molecule has 130 valence electrons. The molecule has 4 heteroatoms. The SMILES string of the molecule is O=C(NCc1ccccc1)c1cncc(N2CCc3ccccc3C2)c1. The van der Waals surface area contributed by atoms with E-state index in [2.05, 4.69) is 39.5 Å². The number of carbonyl (C=O) groups excluding carboxylic acids is 1. The number of pyridine rings is 1. The maximum Gasteiger partial charge on any atom is 0.253 e. The molecule has 1 aromatic heterocycles. The molecular formula is C22H21N3O. The Kier molecular flexibility index (Phi) is 4.65. The van der Waals surface area contributed by atoms with Crippen LogP contribution in [0.2, 0.25) is 0 Å². The van der Waals surface area contributed by atoms with Gasteiger partial charge in [0.15, 0.2) is 0 Å². The molecule has 4 nitrogen and oxygen atoms in total. The summed E-state index contributed by atoms with van der Waals surface area (Å²) in [7, 11) is 0. The largest absolute Gasteiger partial charge is 0.366 e. The van der Waals surface area contributed by atoms with Crippen LogP contribution in [0.25, 0.3) is 0 Å². The highest BCUT2D eigenvalue weighted by Gasteiger charge is 2.17. The molecule has 1 amide bonds. The predicted molar refractivity (Wildman–Crippen MR) is 103 cm³/mol. The summed E-state index contributed by atoms with van der Waals surface area (Å²) in [6.45, 7) is 2.31. The van der Waals surface area contributed by atoms with E-state index in [4.69, 9.17) is 0 Å². The zero-order valence-electron chi connectivity index (χ0n) is 14.6. The average Bonchev–Trinajstić information content (AvgIpc) is 2.72. The second kappa shape index (κ2) is 7.40. The van der Waals surface area contributed by atoms with Gasteiger partial charge in [0.1, 0.15) is 0 Å². The summed E-state index contributed by atoms with van der Waals surface area (Å²) < 4.78 is 0. The van der Waals surface area contributed by atoms with Gasteiger partial charge < -0.3 is 10.2 Å². The Labute approximate surface area is 153 Å². The van der Waals surface area contributed by atoms with Crippen molar-refractivity contribution in [2.24, 2.45) is 0 Å². The molecule has 0 spiro atoms. The maximum atomic E-state index is 12.5. The average molecular weight is 343 g/mol. The standard InChI is InChI=1S/C22H21N3O/c26-22(24-13-17-6-2-1-3-7-17)20-12-21(15-23-14-20)25-11-10-18-8-4-5-9-19(18)16-25/h1-9,12,14-15H,10-11,13,16H2,(H,24,26). The molecule has 0 radical (unpaired) electrons. The van der Waals surface area contributed by atoms with Crippen molar-refractivity contribution in [3.05, 3.63) is 95.3 Å². The number of benzene rings is 2. The molecule has 2 heterocycles. The first kappa shape index (κ1) is 16.3. The summed E-state index contributed by atoms with van der Waals surface area (Å²) in [5.74, 6) is -0.0967. The summed E-state index contributed by atoms with van der Waals surface area (Å²) in [5.41, 5.74) is 5.42. The molecule has 0 unspecified atom stereocenters. The van der Waals surface area contributed by atoms with Gasteiger partial charge in [-0.05, 0) is 29.2 Å². The number of hydrogen-bond donors (Lipinski definition) is 1. The fraction of sp³-hybridized carbons (Fsp3) is 0.182. The number of hydrogen-bond acceptors (Lipinski definition) is 3. The van der Waals surface area contributed by atoms with Crippen molar-refractivity contribution in [3.8, 4) is 0 Å². The Morgan fingerprint density at radius 3 is 2.62 bits per heavy atom. The number of amides is 1. The molecule has 2 aromatic carbocycles. The van der Waals surface area contributed by atoms with Crippen LogP contribution < -0.4 is 10.2 Å². The summed E-state index contributed by atoms with van der Waals surface area (Å²) in [5, 5.41) is 2.96. The number of nitrogens with zero attached hydrogens (tertiary/aromatic N) is 2. The van der Waals surface area contributed by atoms with Gasteiger partial charge in [-0.25, -0.2) is 0 Å². The van der Waals surface area contributed by atoms with Gasteiger partial charge >= 0.3 is 0 Å². The molecule has 0 bridgehead atoms. The van der Waals surface area contributed by atoms with Crippen LogP contribution in [-0.4, -0.2) is 17.4 Å². The highest BCUT2D eigenvalue weighted by atomic mass is 16.1. The quantitative estimate of drug-likeness (QED) is 0.788. The van der Waals surface area contributed by atoms with Crippen molar-refractivity contribution in [2.45, 2.75) is 19.5 Å². The number of aromatic nitrogens is 1. The number of carbonyl (C=O) groups is 1. The van der Waals surface area contributed by atoms with Gasteiger partial charge in [0, 0.05) is 25.8 Å². The van der Waals surface area contributed by atoms with E-state index in [1.807, 2.05) is 42.6 Å². The van der Waals surface area contributed by atoms with E-state index in [1.54, 1.807) is 6.20 Å². The second-order valence-corrected chi connectivity index (χ2v) is 6.54. The van der Waals surface area contributed by atoms with Gasteiger partial charge in [0.2, 0.25) is 0 Å². The van der Waals surface area contributed by atoms with Crippen molar-refractivity contribution in [1.29, 1.82) is 0 Å².